The largest absolute Gasteiger partial charge is 0.459 e. The van der Waals surface area contributed by atoms with Gasteiger partial charge in [0.15, 0.2) is 6.79 Å². The van der Waals surface area contributed by atoms with Crippen molar-refractivity contribution in [3.8, 4) is 0 Å². The van der Waals surface area contributed by atoms with Gasteiger partial charge in [0.1, 0.15) is 5.60 Å². The van der Waals surface area contributed by atoms with Gasteiger partial charge in [-0.3, -0.25) is 4.79 Å². The van der Waals surface area contributed by atoms with E-state index < -0.39 is 44.5 Å². The van der Waals surface area contributed by atoms with E-state index >= 15 is 0 Å². The zero-order valence-corrected chi connectivity index (χ0v) is 22.0. The van der Waals surface area contributed by atoms with Crippen molar-refractivity contribution in [2.75, 3.05) is 6.79 Å². The highest BCUT2D eigenvalue weighted by molar-refractivity contribution is 6.74. The van der Waals surface area contributed by atoms with E-state index in [-0.39, 0.29) is 23.7 Å². The molecule has 34 heavy (non-hydrogen) atoms. The van der Waals surface area contributed by atoms with Crippen LogP contribution in [0, 0.1) is 23.7 Å². The number of carbonyl (C=O) groups excluding carboxylic acids is 1. The second-order valence-electron chi connectivity index (χ2n) is 13.1. The molecule has 5 nitrogen and oxygen atoms in total. The van der Waals surface area contributed by atoms with Crippen LogP contribution in [0.4, 0.5) is 13.2 Å². The van der Waals surface area contributed by atoms with Crippen molar-refractivity contribution in [2.45, 2.75) is 120 Å². The van der Waals surface area contributed by atoms with Gasteiger partial charge in [-0.05, 0) is 62.7 Å². The molecule has 1 spiro atoms. The van der Waals surface area contributed by atoms with Gasteiger partial charge in [0, 0.05) is 14.5 Å². The lowest BCUT2D eigenvalue weighted by atomic mass is 9.47. The summed E-state index contributed by atoms with van der Waals surface area (Å²) in [5, 5.41) is 10.2. The Labute approximate surface area is 202 Å². The fourth-order valence-electron chi connectivity index (χ4n) is 7.17. The highest BCUT2D eigenvalue weighted by atomic mass is 28.3. The summed E-state index contributed by atoms with van der Waals surface area (Å²) in [6.45, 7) is 8.74. The zero-order valence-electron chi connectivity index (χ0n) is 21.0. The predicted molar refractivity (Wildman–Crippen MR) is 124 cm³/mol. The Morgan fingerprint density at radius 2 is 1.53 bits per heavy atom. The van der Waals surface area contributed by atoms with Gasteiger partial charge >= 0.3 is 12.1 Å². The Kier molecular flexibility index (Phi) is 7.02. The lowest BCUT2D eigenvalue weighted by molar-refractivity contribution is -0.444. The molecule has 6 aliphatic rings. The molecule has 1 heterocycles. The van der Waals surface area contributed by atoms with Crippen molar-refractivity contribution in [3.05, 3.63) is 0 Å². The highest BCUT2D eigenvalue weighted by Gasteiger charge is 2.71. The molecular formula is C25H41F3O5Si. The summed E-state index contributed by atoms with van der Waals surface area (Å²) in [7, 11) is -0.611. The molecule has 1 aliphatic heterocycles. The number of hydrogen-bond donors (Lipinski definition) is 1. The molecule has 1 N–H and O–H groups in total. The first-order valence-electron chi connectivity index (χ1n) is 12.9. The van der Waals surface area contributed by atoms with Gasteiger partial charge in [-0.2, -0.15) is 13.2 Å². The summed E-state index contributed by atoms with van der Waals surface area (Å²) in [5.74, 6) is -3.33. The fourth-order valence-corrected chi connectivity index (χ4v) is 7.17. The van der Waals surface area contributed by atoms with Gasteiger partial charge in [-0.15, -0.1) is 0 Å². The Bertz CT molecular complexity index is 739. The van der Waals surface area contributed by atoms with E-state index in [1.165, 1.54) is 0 Å². The quantitative estimate of drug-likeness (QED) is 0.366. The zero-order chi connectivity index (χ0) is 25.0. The summed E-state index contributed by atoms with van der Waals surface area (Å²) >= 11 is 0. The third-order valence-electron chi connectivity index (χ3n) is 8.36. The van der Waals surface area contributed by atoms with Crippen LogP contribution in [0.25, 0.3) is 0 Å². The number of alkyl halides is 3. The monoisotopic (exact) mass is 506 g/mol. The number of rotatable bonds is 2. The summed E-state index contributed by atoms with van der Waals surface area (Å²) in [6, 6.07) is 0. The first-order valence-corrected chi connectivity index (χ1v) is 16.9. The van der Waals surface area contributed by atoms with Crippen LogP contribution in [0.5, 0.6) is 0 Å². The smallest absolute Gasteiger partial charge is 0.443 e. The SMILES string of the molecule is C[Si](C)(C)C.O=C(OC12CC3CC(C1)C1(CC(O)(C(F)(F)F)OCO1)C(C3)C2)C1CCCCC1. The maximum Gasteiger partial charge on any atom is 0.443 e. The van der Waals surface area contributed by atoms with Crippen molar-refractivity contribution < 1.29 is 37.3 Å². The van der Waals surface area contributed by atoms with Gasteiger partial charge < -0.3 is 19.3 Å². The van der Waals surface area contributed by atoms with Crippen molar-refractivity contribution in [1.29, 1.82) is 0 Å². The molecule has 0 aromatic carbocycles. The van der Waals surface area contributed by atoms with E-state index in [0.717, 1.165) is 51.4 Å². The van der Waals surface area contributed by atoms with Crippen LogP contribution in [0.3, 0.4) is 0 Å². The molecule has 3 atom stereocenters. The normalized spacial score (nSPS) is 42.3. The Morgan fingerprint density at radius 1 is 0.971 bits per heavy atom. The molecule has 0 aromatic rings. The Hall–Kier alpha value is -0.643. The standard InChI is InChI=1S/C21H29F3O5.C4H12Si/c22-21(23,24)20(26)11-19(27-12-28-20)15-6-13-7-16(19)10-18(8-13,9-15)29-17(25)14-4-2-1-3-5-14;1-5(2,3)4/h13-16,26H,1-12H2;1-4H3. The van der Waals surface area contributed by atoms with Gasteiger partial charge in [0.2, 0.25) is 0 Å². The molecule has 0 amide bonds. The summed E-state index contributed by atoms with van der Waals surface area (Å²) in [4.78, 5) is 12.8. The van der Waals surface area contributed by atoms with Gasteiger partial charge in [0.25, 0.3) is 5.79 Å². The first kappa shape index (κ1) is 26.4. The molecule has 0 aromatic heterocycles. The van der Waals surface area contributed by atoms with Crippen molar-refractivity contribution in [1.82, 2.24) is 0 Å². The molecule has 5 aliphatic carbocycles. The van der Waals surface area contributed by atoms with Crippen LogP contribution in [0.1, 0.15) is 70.6 Å². The lowest BCUT2D eigenvalue weighted by Crippen LogP contribution is -2.70. The third-order valence-corrected chi connectivity index (χ3v) is 8.36. The molecule has 3 unspecified atom stereocenters. The van der Waals surface area contributed by atoms with E-state index in [2.05, 4.69) is 30.9 Å². The van der Waals surface area contributed by atoms with Gasteiger partial charge in [-0.1, -0.05) is 45.5 Å². The van der Waals surface area contributed by atoms with E-state index in [0.29, 0.717) is 18.8 Å². The molecule has 5 saturated carbocycles. The Balaban J connectivity index is 0.000000499. The molecule has 6 fully saturated rings. The number of hydrogen-bond acceptors (Lipinski definition) is 5. The fraction of sp³-hybridized carbons (Fsp3) is 0.960. The average Bonchev–Trinajstić information content (AvgIpc) is 2.70. The molecular weight excluding hydrogens is 465 g/mol. The van der Waals surface area contributed by atoms with Crippen molar-refractivity contribution >= 4 is 14.0 Å². The molecule has 1 saturated heterocycles. The second-order valence-corrected chi connectivity index (χ2v) is 19.1. The minimum Gasteiger partial charge on any atom is -0.459 e. The maximum atomic E-state index is 13.5. The molecule has 0 radical (unpaired) electrons. The van der Waals surface area contributed by atoms with E-state index in [1.54, 1.807) is 0 Å². The topological polar surface area (TPSA) is 65.0 Å². The van der Waals surface area contributed by atoms with Crippen LogP contribution < -0.4 is 0 Å². The molecule has 9 heteroatoms. The summed E-state index contributed by atoms with van der Waals surface area (Å²) in [6.07, 6.45) is 2.88. The van der Waals surface area contributed by atoms with Crippen LogP contribution in [0.15, 0.2) is 0 Å². The van der Waals surface area contributed by atoms with Crippen LogP contribution >= 0.6 is 0 Å². The van der Waals surface area contributed by atoms with Gasteiger partial charge in [-0.25, -0.2) is 0 Å². The molecule has 196 valence electrons. The van der Waals surface area contributed by atoms with E-state index in [1.807, 2.05) is 0 Å². The number of halogens is 3. The number of carbonyl (C=O) groups is 1. The van der Waals surface area contributed by atoms with Crippen LogP contribution in [-0.2, 0) is 19.0 Å². The third kappa shape index (κ3) is 5.23. The minimum atomic E-state index is -4.87. The highest BCUT2D eigenvalue weighted by Crippen LogP contribution is 2.65. The minimum absolute atomic E-state index is 0.0413. The number of aliphatic hydroxyl groups is 1. The molecule has 4 bridgehead atoms. The molecule has 6 rings (SSSR count). The predicted octanol–water partition coefficient (Wildman–Crippen LogP) is 6.03. The van der Waals surface area contributed by atoms with Crippen molar-refractivity contribution in [3.63, 3.8) is 0 Å². The van der Waals surface area contributed by atoms with Gasteiger partial charge in [0.05, 0.1) is 11.5 Å². The average molecular weight is 507 g/mol. The van der Waals surface area contributed by atoms with E-state index in [4.69, 9.17) is 9.47 Å². The summed E-state index contributed by atoms with van der Waals surface area (Å²) < 4.78 is 57.1. The number of esters is 1. The maximum absolute atomic E-state index is 13.5. The summed E-state index contributed by atoms with van der Waals surface area (Å²) in [5.41, 5.74) is -1.63. The van der Waals surface area contributed by atoms with E-state index in [9.17, 15) is 23.1 Å². The Morgan fingerprint density at radius 3 is 2.06 bits per heavy atom. The number of ether oxygens (including phenoxy) is 3. The lowest BCUT2D eigenvalue weighted by Gasteiger charge is -2.65. The second kappa shape index (κ2) is 9.03. The van der Waals surface area contributed by atoms with Crippen LogP contribution in [-0.4, -0.2) is 49.1 Å². The van der Waals surface area contributed by atoms with Crippen molar-refractivity contribution in [2.24, 2.45) is 23.7 Å². The first-order chi connectivity index (χ1) is 15.6. The van der Waals surface area contributed by atoms with Crippen LogP contribution in [0.2, 0.25) is 26.2 Å².